The summed E-state index contributed by atoms with van der Waals surface area (Å²) >= 11 is 1.29. The molecule has 1 rings (SSSR count). The Hall–Kier alpha value is -0.240. The number of allylic oxidation sites excluding steroid dienone is 1. The van der Waals surface area contributed by atoms with Gasteiger partial charge >= 0.3 is 0 Å². The van der Waals surface area contributed by atoms with Gasteiger partial charge in [0.1, 0.15) is 0 Å². The average molecular weight is 114 g/mol. The molecule has 0 spiro atoms. The first-order valence-corrected chi connectivity index (χ1v) is 2.99. The van der Waals surface area contributed by atoms with E-state index in [2.05, 4.69) is 6.58 Å². The minimum absolute atomic E-state index is 0.269. The fourth-order valence-corrected chi connectivity index (χ4v) is 1.23. The van der Waals surface area contributed by atoms with Gasteiger partial charge in [0, 0.05) is 6.42 Å². The number of carbonyl (C=O) groups is 1. The van der Waals surface area contributed by atoms with Gasteiger partial charge < -0.3 is 0 Å². The van der Waals surface area contributed by atoms with Crippen molar-refractivity contribution in [1.29, 1.82) is 0 Å². The van der Waals surface area contributed by atoms with Crippen molar-refractivity contribution in [2.45, 2.75) is 12.8 Å². The van der Waals surface area contributed by atoms with E-state index in [-0.39, 0.29) is 5.12 Å². The Balaban J connectivity index is 2.55. The Morgan fingerprint density at radius 3 is 2.43 bits per heavy atom. The Morgan fingerprint density at radius 1 is 1.57 bits per heavy atom. The van der Waals surface area contributed by atoms with Crippen LogP contribution in [0.4, 0.5) is 0 Å². The Labute approximate surface area is 46.8 Å². The third kappa shape index (κ3) is 1.06. The lowest BCUT2D eigenvalue weighted by Crippen LogP contribution is -1.75. The Morgan fingerprint density at radius 2 is 2.29 bits per heavy atom. The second-order valence-electron chi connectivity index (χ2n) is 1.51. The molecule has 0 aromatic rings. The van der Waals surface area contributed by atoms with E-state index >= 15 is 0 Å². The molecule has 0 N–H and O–H groups in total. The van der Waals surface area contributed by atoms with Crippen molar-refractivity contribution in [2.24, 2.45) is 0 Å². The highest BCUT2D eigenvalue weighted by Crippen LogP contribution is 2.29. The number of rotatable bonds is 0. The van der Waals surface area contributed by atoms with E-state index in [9.17, 15) is 4.79 Å². The van der Waals surface area contributed by atoms with Crippen LogP contribution in [-0.4, -0.2) is 5.12 Å². The van der Waals surface area contributed by atoms with Crippen molar-refractivity contribution in [3.05, 3.63) is 11.5 Å². The van der Waals surface area contributed by atoms with Crippen molar-refractivity contribution in [1.82, 2.24) is 0 Å². The van der Waals surface area contributed by atoms with E-state index < -0.39 is 0 Å². The van der Waals surface area contributed by atoms with Gasteiger partial charge in [0.2, 0.25) is 0 Å². The molecule has 0 aromatic carbocycles. The first-order chi connectivity index (χ1) is 3.29. The van der Waals surface area contributed by atoms with Crippen LogP contribution < -0.4 is 0 Å². The second-order valence-corrected chi connectivity index (χ2v) is 2.75. The zero-order valence-corrected chi connectivity index (χ0v) is 4.75. The highest BCUT2D eigenvalue weighted by Gasteiger charge is 2.13. The molecule has 0 aromatic heterocycles. The topological polar surface area (TPSA) is 17.1 Å². The molecule has 38 valence electrons. The minimum atomic E-state index is 0.269. The molecule has 1 nitrogen and oxygen atoms in total. The number of hydrogen-bond acceptors (Lipinski definition) is 2. The van der Waals surface area contributed by atoms with Crippen LogP contribution in [0.1, 0.15) is 12.8 Å². The first kappa shape index (κ1) is 4.91. The van der Waals surface area contributed by atoms with Crippen molar-refractivity contribution >= 4 is 16.9 Å². The maximum atomic E-state index is 10.4. The highest BCUT2D eigenvalue weighted by atomic mass is 32.2. The normalized spacial score (nSPS) is 21.1. The van der Waals surface area contributed by atoms with Gasteiger partial charge in [0.15, 0.2) is 5.12 Å². The molecule has 0 unspecified atom stereocenters. The van der Waals surface area contributed by atoms with Crippen LogP contribution >= 0.6 is 11.8 Å². The zero-order valence-electron chi connectivity index (χ0n) is 3.94. The van der Waals surface area contributed by atoms with Crippen LogP contribution in [0.15, 0.2) is 11.5 Å². The molecule has 1 aliphatic heterocycles. The molecule has 7 heavy (non-hydrogen) atoms. The fraction of sp³-hybridized carbons (Fsp3) is 0.400. The van der Waals surface area contributed by atoms with E-state index in [0.29, 0.717) is 6.42 Å². The summed E-state index contributed by atoms with van der Waals surface area (Å²) in [4.78, 5) is 11.4. The van der Waals surface area contributed by atoms with Crippen LogP contribution in [0, 0.1) is 0 Å². The van der Waals surface area contributed by atoms with Crippen molar-refractivity contribution in [3.63, 3.8) is 0 Å². The molecule has 0 atom stereocenters. The van der Waals surface area contributed by atoms with Crippen molar-refractivity contribution in [3.8, 4) is 0 Å². The lowest BCUT2D eigenvalue weighted by Gasteiger charge is -1.78. The van der Waals surface area contributed by atoms with E-state index in [1.807, 2.05) is 0 Å². The standard InChI is InChI=1S/C5H6OS/c1-4-2-3-5(6)7-4/h1-3H2. The van der Waals surface area contributed by atoms with E-state index in [1.165, 1.54) is 11.8 Å². The molecule has 0 bridgehead atoms. The van der Waals surface area contributed by atoms with Gasteiger partial charge in [-0.05, 0) is 11.3 Å². The number of carbonyl (C=O) groups excluding carboxylic acids is 1. The van der Waals surface area contributed by atoms with Gasteiger partial charge in [-0.25, -0.2) is 0 Å². The number of hydrogen-bond donors (Lipinski definition) is 0. The summed E-state index contributed by atoms with van der Waals surface area (Å²) in [7, 11) is 0. The molecule has 0 radical (unpaired) electrons. The monoisotopic (exact) mass is 114 g/mol. The second kappa shape index (κ2) is 1.70. The van der Waals surface area contributed by atoms with Crippen molar-refractivity contribution < 1.29 is 4.79 Å². The Kier molecular flexibility index (Phi) is 1.19. The van der Waals surface area contributed by atoms with Crippen LogP contribution in [0.3, 0.4) is 0 Å². The fourth-order valence-electron chi connectivity index (χ4n) is 0.505. The zero-order chi connectivity index (χ0) is 5.28. The van der Waals surface area contributed by atoms with Gasteiger partial charge in [-0.1, -0.05) is 18.3 Å². The van der Waals surface area contributed by atoms with Gasteiger partial charge in [0.05, 0.1) is 0 Å². The summed E-state index contributed by atoms with van der Waals surface area (Å²) in [5, 5.41) is 0.269. The average Bonchev–Trinajstić information content (AvgIpc) is 1.87. The summed E-state index contributed by atoms with van der Waals surface area (Å²) in [5.41, 5.74) is 0. The molecule has 2 heteroatoms. The molecule has 1 fully saturated rings. The molecular weight excluding hydrogens is 108 g/mol. The predicted octanol–water partition coefficient (Wildman–Crippen LogP) is 1.55. The summed E-state index contributed by atoms with van der Waals surface area (Å²) in [6.45, 7) is 3.65. The van der Waals surface area contributed by atoms with Gasteiger partial charge in [-0.3, -0.25) is 4.79 Å². The third-order valence-electron chi connectivity index (χ3n) is 0.866. The molecule has 0 amide bonds. The van der Waals surface area contributed by atoms with E-state index in [4.69, 9.17) is 0 Å². The van der Waals surface area contributed by atoms with Gasteiger partial charge in [-0.2, -0.15) is 0 Å². The molecule has 0 aliphatic carbocycles. The predicted molar refractivity (Wildman–Crippen MR) is 31.0 cm³/mol. The molecule has 1 saturated heterocycles. The van der Waals surface area contributed by atoms with Gasteiger partial charge in [0.25, 0.3) is 0 Å². The minimum Gasteiger partial charge on any atom is -0.287 e. The molecule has 1 heterocycles. The van der Waals surface area contributed by atoms with Crippen LogP contribution in [0.2, 0.25) is 0 Å². The number of thioether (sulfide) groups is 1. The van der Waals surface area contributed by atoms with E-state index in [1.54, 1.807) is 0 Å². The largest absolute Gasteiger partial charge is 0.287 e. The lowest BCUT2D eigenvalue weighted by atomic mass is 10.3. The molecule has 1 aliphatic rings. The van der Waals surface area contributed by atoms with Crippen LogP contribution in [-0.2, 0) is 4.79 Å². The van der Waals surface area contributed by atoms with Gasteiger partial charge in [-0.15, -0.1) is 0 Å². The maximum absolute atomic E-state index is 10.4. The quantitative estimate of drug-likeness (QED) is 0.475. The lowest BCUT2D eigenvalue weighted by molar-refractivity contribution is -0.110. The summed E-state index contributed by atoms with van der Waals surface area (Å²) in [6, 6.07) is 0. The summed E-state index contributed by atoms with van der Waals surface area (Å²) in [5.74, 6) is 0. The Bertz CT molecular complexity index is 103. The first-order valence-electron chi connectivity index (χ1n) is 2.17. The summed E-state index contributed by atoms with van der Waals surface area (Å²) in [6.07, 6.45) is 1.59. The highest BCUT2D eigenvalue weighted by molar-refractivity contribution is 8.17. The maximum Gasteiger partial charge on any atom is 0.193 e. The van der Waals surface area contributed by atoms with Crippen LogP contribution in [0.5, 0.6) is 0 Å². The smallest absolute Gasteiger partial charge is 0.193 e. The van der Waals surface area contributed by atoms with Crippen molar-refractivity contribution in [2.75, 3.05) is 0 Å². The van der Waals surface area contributed by atoms with E-state index in [0.717, 1.165) is 11.3 Å². The third-order valence-corrected chi connectivity index (χ3v) is 1.79. The van der Waals surface area contributed by atoms with Crippen LogP contribution in [0.25, 0.3) is 0 Å². The molecular formula is C5H6OS. The summed E-state index contributed by atoms with van der Waals surface area (Å²) < 4.78 is 0. The molecule has 0 saturated carbocycles. The SMILES string of the molecule is C=C1CCC(=O)S1.